The first-order valence-electron chi connectivity index (χ1n) is 7.13. The zero-order valence-electron chi connectivity index (χ0n) is 12.0. The van der Waals surface area contributed by atoms with Crippen LogP contribution in [0.4, 0.5) is 0 Å². The van der Waals surface area contributed by atoms with E-state index >= 15 is 0 Å². The largest absolute Gasteiger partial charge is 0.348 e. The molecule has 1 N–H and O–H groups in total. The second-order valence-corrected chi connectivity index (χ2v) is 5.35. The molecule has 1 saturated heterocycles. The minimum atomic E-state index is -0.153. The van der Waals surface area contributed by atoms with Crippen molar-refractivity contribution in [2.24, 2.45) is 0 Å². The Morgan fingerprint density at radius 3 is 2.71 bits per heavy atom. The van der Waals surface area contributed by atoms with Crippen molar-refractivity contribution in [3.05, 3.63) is 36.3 Å². The van der Waals surface area contributed by atoms with E-state index in [1.54, 1.807) is 13.1 Å². The molecule has 0 saturated carbocycles. The van der Waals surface area contributed by atoms with Gasteiger partial charge >= 0.3 is 0 Å². The van der Waals surface area contributed by atoms with Gasteiger partial charge in [0.1, 0.15) is 11.3 Å². The first-order chi connectivity index (χ1) is 10.1. The van der Waals surface area contributed by atoms with Gasteiger partial charge < -0.3 is 14.6 Å². The Bertz CT molecular complexity index is 638. The molecule has 2 aromatic heterocycles. The number of carbonyl (C=O) groups excluding carboxylic acids is 2. The first-order valence-corrected chi connectivity index (χ1v) is 7.13. The highest BCUT2D eigenvalue weighted by Crippen LogP contribution is 2.11. The number of imidazole rings is 1. The predicted molar refractivity (Wildman–Crippen MR) is 77.9 cm³/mol. The van der Waals surface area contributed by atoms with E-state index < -0.39 is 0 Å². The van der Waals surface area contributed by atoms with E-state index in [0.29, 0.717) is 18.8 Å². The molecule has 0 bridgehead atoms. The van der Waals surface area contributed by atoms with Crippen LogP contribution in [0.15, 0.2) is 30.6 Å². The molecule has 1 aliphatic rings. The van der Waals surface area contributed by atoms with E-state index in [1.165, 1.54) is 0 Å². The summed E-state index contributed by atoms with van der Waals surface area (Å²) in [5.74, 6) is -0.0555. The van der Waals surface area contributed by atoms with Crippen LogP contribution < -0.4 is 5.32 Å². The standard InChI is InChI=1S/C15H18N4O2/c1-11(20)18-8-5-12(6-9-18)16-15(21)13-10-19-7-3-2-4-14(19)17-13/h2-4,7,10,12H,5-6,8-9H2,1H3,(H,16,21). The van der Waals surface area contributed by atoms with Gasteiger partial charge in [0.15, 0.2) is 0 Å². The number of hydrogen-bond acceptors (Lipinski definition) is 3. The van der Waals surface area contributed by atoms with Gasteiger partial charge in [-0.05, 0) is 25.0 Å². The van der Waals surface area contributed by atoms with Crippen LogP contribution in [-0.4, -0.2) is 45.2 Å². The highest BCUT2D eigenvalue weighted by Gasteiger charge is 2.23. The average Bonchev–Trinajstić information content (AvgIpc) is 2.92. The van der Waals surface area contributed by atoms with Crippen LogP contribution in [-0.2, 0) is 4.79 Å². The Morgan fingerprint density at radius 2 is 2.05 bits per heavy atom. The lowest BCUT2D eigenvalue weighted by atomic mass is 10.0. The maximum atomic E-state index is 12.2. The van der Waals surface area contributed by atoms with Gasteiger partial charge in [0.05, 0.1) is 0 Å². The third kappa shape index (κ3) is 2.89. The Hall–Kier alpha value is -2.37. The van der Waals surface area contributed by atoms with Gasteiger partial charge in [-0.15, -0.1) is 0 Å². The molecule has 6 nitrogen and oxygen atoms in total. The number of rotatable bonds is 2. The lowest BCUT2D eigenvalue weighted by molar-refractivity contribution is -0.129. The summed E-state index contributed by atoms with van der Waals surface area (Å²) in [6, 6.07) is 5.76. The average molecular weight is 286 g/mol. The molecule has 2 amide bonds. The van der Waals surface area contributed by atoms with Gasteiger partial charge in [-0.25, -0.2) is 4.98 Å². The summed E-state index contributed by atoms with van der Waals surface area (Å²) in [7, 11) is 0. The Labute approximate surface area is 122 Å². The van der Waals surface area contributed by atoms with E-state index in [2.05, 4.69) is 10.3 Å². The zero-order valence-corrected chi connectivity index (χ0v) is 12.0. The lowest BCUT2D eigenvalue weighted by Gasteiger charge is -2.31. The van der Waals surface area contributed by atoms with Crippen LogP contribution in [0, 0.1) is 0 Å². The van der Waals surface area contributed by atoms with Crippen molar-refractivity contribution in [3.63, 3.8) is 0 Å². The van der Waals surface area contributed by atoms with Gasteiger partial charge in [0, 0.05) is 38.4 Å². The number of piperidine rings is 1. The van der Waals surface area contributed by atoms with Crippen molar-refractivity contribution >= 4 is 17.5 Å². The minimum absolute atomic E-state index is 0.0973. The fraction of sp³-hybridized carbons (Fsp3) is 0.400. The summed E-state index contributed by atoms with van der Waals surface area (Å²) in [5.41, 5.74) is 1.18. The van der Waals surface area contributed by atoms with Crippen molar-refractivity contribution in [3.8, 4) is 0 Å². The van der Waals surface area contributed by atoms with Gasteiger partial charge in [0.25, 0.3) is 5.91 Å². The third-order valence-corrected chi connectivity index (χ3v) is 3.87. The summed E-state index contributed by atoms with van der Waals surface area (Å²) in [6.45, 7) is 2.98. The number of hydrogen-bond donors (Lipinski definition) is 1. The van der Waals surface area contributed by atoms with E-state index in [4.69, 9.17) is 0 Å². The van der Waals surface area contributed by atoms with Crippen LogP contribution in [0.3, 0.4) is 0 Å². The lowest BCUT2D eigenvalue weighted by Crippen LogP contribution is -2.46. The van der Waals surface area contributed by atoms with Crippen LogP contribution in [0.25, 0.3) is 5.65 Å². The van der Waals surface area contributed by atoms with Crippen molar-refractivity contribution in [1.82, 2.24) is 19.6 Å². The maximum Gasteiger partial charge on any atom is 0.271 e. The van der Waals surface area contributed by atoms with E-state index in [1.807, 2.05) is 33.7 Å². The maximum absolute atomic E-state index is 12.2. The molecular formula is C15H18N4O2. The number of nitrogens with one attached hydrogen (secondary N) is 1. The number of nitrogens with zero attached hydrogens (tertiary/aromatic N) is 3. The normalized spacial score (nSPS) is 16.1. The van der Waals surface area contributed by atoms with E-state index in [0.717, 1.165) is 18.5 Å². The Balaban J connectivity index is 1.63. The van der Waals surface area contributed by atoms with Gasteiger partial charge in [-0.1, -0.05) is 6.07 Å². The van der Waals surface area contributed by atoms with Crippen molar-refractivity contribution in [2.45, 2.75) is 25.8 Å². The molecule has 0 atom stereocenters. The molecule has 0 aliphatic carbocycles. The molecular weight excluding hydrogens is 268 g/mol. The monoisotopic (exact) mass is 286 g/mol. The number of aromatic nitrogens is 2. The predicted octanol–water partition coefficient (Wildman–Crippen LogP) is 1.07. The molecule has 1 fully saturated rings. The number of pyridine rings is 1. The van der Waals surface area contributed by atoms with E-state index in [9.17, 15) is 9.59 Å². The van der Waals surface area contributed by atoms with Crippen LogP contribution in [0.1, 0.15) is 30.3 Å². The quantitative estimate of drug-likeness (QED) is 0.898. The molecule has 0 spiro atoms. The molecule has 0 unspecified atom stereocenters. The third-order valence-electron chi connectivity index (χ3n) is 3.87. The van der Waals surface area contributed by atoms with Crippen molar-refractivity contribution in [1.29, 1.82) is 0 Å². The number of likely N-dealkylation sites (tertiary alicyclic amines) is 1. The molecule has 0 radical (unpaired) electrons. The Kier molecular flexibility index (Phi) is 3.60. The fourth-order valence-corrected chi connectivity index (χ4v) is 2.64. The Morgan fingerprint density at radius 1 is 1.29 bits per heavy atom. The highest BCUT2D eigenvalue weighted by atomic mass is 16.2. The fourth-order valence-electron chi connectivity index (χ4n) is 2.64. The smallest absolute Gasteiger partial charge is 0.271 e. The second kappa shape index (κ2) is 5.55. The van der Waals surface area contributed by atoms with Crippen molar-refractivity contribution < 1.29 is 9.59 Å². The summed E-state index contributed by atoms with van der Waals surface area (Å²) in [4.78, 5) is 29.6. The van der Waals surface area contributed by atoms with Gasteiger partial charge in [0.2, 0.25) is 5.91 Å². The summed E-state index contributed by atoms with van der Waals surface area (Å²) < 4.78 is 1.83. The topological polar surface area (TPSA) is 66.7 Å². The van der Waals surface area contributed by atoms with Crippen LogP contribution in [0.5, 0.6) is 0 Å². The molecule has 21 heavy (non-hydrogen) atoms. The van der Waals surface area contributed by atoms with Gasteiger partial charge in [-0.2, -0.15) is 0 Å². The number of amides is 2. The summed E-state index contributed by atoms with van der Waals surface area (Å²) in [6.07, 6.45) is 5.18. The minimum Gasteiger partial charge on any atom is -0.348 e. The molecule has 3 rings (SSSR count). The molecule has 2 aromatic rings. The SMILES string of the molecule is CC(=O)N1CCC(NC(=O)c2cn3ccccc3n2)CC1. The summed E-state index contributed by atoms with van der Waals surface area (Å²) >= 11 is 0. The number of carbonyl (C=O) groups is 2. The second-order valence-electron chi connectivity index (χ2n) is 5.35. The van der Waals surface area contributed by atoms with E-state index in [-0.39, 0.29) is 17.9 Å². The van der Waals surface area contributed by atoms with Crippen molar-refractivity contribution in [2.75, 3.05) is 13.1 Å². The highest BCUT2D eigenvalue weighted by molar-refractivity contribution is 5.93. The number of fused-ring (bicyclic) bond motifs is 1. The van der Waals surface area contributed by atoms with Gasteiger partial charge in [-0.3, -0.25) is 9.59 Å². The first kappa shape index (κ1) is 13.6. The molecule has 0 aromatic carbocycles. The zero-order chi connectivity index (χ0) is 14.8. The molecule has 110 valence electrons. The molecule has 6 heteroatoms. The molecule has 3 heterocycles. The summed E-state index contributed by atoms with van der Waals surface area (Å²) in [5, 5.41) is 3.00. The van der Waals surface area contributed by atoms with Crippen LogP contribution in [0.2, 0.25) is 0 Å². The molecule has 1 aliphatic heterocycles. The van der Waals surface area contributed by atoms with Crippen LogP contribution >= 0.6 is 0 Å².